The minimum atomic E-state index is -0.606. The summed E-state index contributed by atoms with van der Waals surface area (Å²) in [5.74, 6) is 2.19. The van der Waals surface area contributed by atoms with Crippen molar-refractivity contribution in [1.29, 1.82) is 0 Å². The second kappa shape index (κ2) is 4.93. The topological polar surface area (TPSA) is 29.5 Å². The van der Waals surface area contributed by atoms with Crippen molar-refractivity contribution in [3.8, 4) is 5.75 Å². The smallest absolute Gasteiger partial charge is 0.119 e. The van der Waals surface area contributed by atoms with Gasteiger partial charge in [-0.1, -0.05) is 26.0 Å². The third-order valence-corrected chi connectivity index (χ3v) is 3.91. The minimum Gasteiger partial charge on any atom is -0.491 e. The fourth-order valence-electron chi connectivity index (χ4n) is 2.63. The van der Waals surface area contributed by atoms with Crippen molar-refractivity contribution in [2.45, 2.75) is 52.2 Å². The van der Waals surface area contributed by atoms with Crippen LogP contribution in [0.1, 0.15) is 46.1 Å². The Kier molecular flexibility index (Phi) is 3.67. The molecule has 0 aliphatic heterocycles. The molecule has 2 heteroatoms. The molecule has 1 aliphatic carbocycles. The minimum absolute atomic E-state index is 0.188. The Bertz CT molecular complexity index is 386. The van der Waals surface area contributed by atoms with Gasteiger partial charge in [0.1, 0.15) is 5.75 Å². The molecule has 0 saturated heterocycles. The summed E-state index contributed by atoms with van der Waals surface area (Å²) in [4.78, 5) is 0. The molecule has 18 heavy (non-hydrogen) atoms. The number of aliphatic hydroxyl groups is 1. The molecule has 1 N–H and O–H groups in total. The number of hydrogen-bond acceptors (Lipinski definition) is 2. The van der Waals surface area contributed by atoms with Crippen molar-refractivity contribution in [3.05, 3.63) is 29.8 Å². The Balaban J connectivity index is 2.02. The van der Waals surface area contributed by atoms with Gasteiger partial charge in [-0.05, 0) is 56.2 Å². The summed E-state index contributed by atoms with van der Waals surface area (Å²) < 4.78 is 5.61. The van der Waals surface area contributed by atoms with Crippen molar-refractivity contribution in [3.63, 3.8) is 0 Å². The quantitative estimate of drug-likeness (QED) is 0.879. The van der Waals surface area contributed by atoms with Crippen LogP contribution in [0.5, 0.6) is 5.75 Å². The van der Waals surface area contributed by atoms with Gasteiger partial charge in [0.15, 0.2) is 0 Å². The van der Waals surface area contributed by atoms with Gasteiger partial charge in [-0.3, -0.25) is 0 Å². The second-order valence-electron chi connectivity index (χ2n) is 6.13. The van der Waals surface area contributed by atoms with Gasteiger partial charge in [0, 0.05) is 0 Å². The highest BCUT2D eigenvalue weighted by molar-refractivity contribution is 5.32. The van der Waals surface area contributed by atoms with E-state index in [-0.39, 0.29) is 6.10 Å². The second-order valence-corrected chi connectivity index (χ2v) is 6.13. The molecular weight excluding hydrogens is 224 g/mol. The van der Waals surface area contributed by atoms with Gasteiger partial charge in [-0.25, -0.2) is 0 Å². The molecule has 0 unspecified atom stereocenters. The molecule has 2 nitrogen and oxygen atoms in total. The van der Waals surface area contributed by atoms with Gasteiger partial charge in [0.2, 0.25) is 0 Å². The van der Waals surface area contributed by atoms with E-state index in [1.165, 1.54) is 0 Å². The lowest BCUT2D eigenvalue weighted by Crippen LogP contribution is -2.43. The maximum absolute atomic E-state index is 10.5. The number of ether oxygens (including phenoxy) is 1. The van der Waals surface area contributed by atoms with E-state index in [4.69, 9.17) is 4.74 Å². The van der Waals surface area contributed by atoms with Gasteiger partial charge >= 0.3 is 0 Å². The molecule has 0 bridgehead atoms. The van der Waals surface area contributed by atoms with Crippen LogP contribution in [-0.2, 0) is 5.60 Å². The third-order valence-electron chi connectivity index (χ3n) is 3.91. The zero-order valence-electron chi connectivity index (χ0n) is 11.8. The van der Waals surface area contributed by atoms with E-state index in [1.807, 2.05) is 38.1 Å². The molecule has 1 saturated carbocycles. The van der Waals surface area contributed by atoms with Crippen LogP contribution in [-0.4, -0.2) is 11.2 Å². The molecule has 0 amide bonds. The van der Waals surface area contributed by atoms with E-state index < -0.39 is 5.60 Å². The monoisotopic (exact) mass is 248 g/mol. The molecule has 1 aromatic carbocycles. The van der Waals surface area contributed by atoms with E-state index in [0.717, 1.165) is 24.2 Å². The maximum atomic E-state index is 10.5. The van der Waals surface area contributed by atoms with Crippen LogP contribution in [0.25, 0.3) is 0 Å². The Morgan fingerprint density at radius 3 is 2.11 bits per heavy atom. The first-order valence-corrected chi connectivity index (χ1v) is 6.90. The maximum Gasteiger partial charge on any atom is 0.119 e. The summed E-state index contributed by atoms with van der Waals surface area (Å²) in [5.41, 5.74) is 0.418. The largest absolute Gasteiger partial charge is 0.491 e. The van der Waals surface area contributed by atoms with Crippen LogP contribution in [0.3, 0.4) is 0 Å². The molecule has 1 aliphatic rings. The first kappa shape index (κ1) is 13.4. The van der Waals surface area contributed by atoms with Crippen LogP contribution in [0, 0.1) is 11.8 Å². The molecule has 0 spiro atoms. The van der Waals surface area contributed by atoms with Crippen molar-refractivity contribution < 1.29 is 9.84 Å². The Morgan fingerprint density at radius 1 is 1.11 bits per heavy atom. The van der Waals surface area contributed by atoms with Gasteiger partial charge in [-0.2, -0.15) is 0 Å². The summed E-state index contributed by atoms with van der Waals surface area (Å²) in [6, 6.07) is 7.90. The average molecular weight is 248 g/mol. The van der Waals surface area contributed by atoms with E-state index >= 15 is 0 Å². The number of benzene rings is 1. The van der Waals surface area contributed by atoms with Crippen LogP contribution in [0.15, 0.2) is 24.3 Å². The highest BCUT2D eigenvalue weighted by Gasteiger charge is 2.44. The first-order valence-electron chi connectivity index (χ1n) is 6.90. The lowest BCUT2D eigenvalue weighted by molar-refractivity contribution is -0.0933. The molecule has 1 aromatic rings. The van der Waals surface area contributed by atoms with E-state index in [0.29, 0.717) is 11.8 Å². The molecule has 0 atom stereocenters. The lowest BCUT2D eigenvalue weighted by atomic mass is 9.63. The average Bonchev–Trinajstić information content (AvgIpc) is 2.24. The highest BCUT2D eigenvalue weighted by atomic mass is 16.5. The first-order chi connectivity index (χ1) is 8.40. The summed E-state index contributed by atoms with van der Waals surface area (Å²) in [5, 5.41) is 10.5. The van der Waals surface area contributed by atoms with Crippen molar-refractivity contribution >= 4 is 0 Å². The van der Waals surface area contributed by atoms with Crippen LogP contribution < -0.4 is 4.74 Å². The molecule has 0 heterocycles. The highest BCUT2D eigenvalue weighted by Crippen LogP contribution is 2.48. The molecule has 100 valence electrons. The lowest BCUT2D eigenvalue weighted by Gasteiger charge is -2.46. The van der Waals surface area contributed by atoms with E-state index in [9.17, 15) is 5.11 Å². The van der Waals surface area contributed by atoms with Gasteiger partial charge in [0.25, 0.3) is 0 Å². The summed E-state index contributed by atoms with van der Waals surface area (Å²) in [6.45, 7) is 8.48. The molecule has 2 rings (SSSR count). The normalized spacial score (nSPS) is 27.4. The van der Waals surface area contributed by atoms with Crippen LogP contribution in [0.2, 0.25) is 0 Å². The Hall–Kier alpha value is -1.02. The van der Waals surface area contributed by atoms with Gasteiger partial charge in [0.05, 0.1) is 11.7 Å². The molecule has 0 radical (unpaired) electrons. The number of hydrogen-bond donors (Lipinski definition) is 1. The Labute approximate surface area is 110 Å². The van der Waals surface area contributed by atoms with Crippen LogP contribution in [0.4, 0.5) is 0 Å². The number of rotatable bonds is 4. The van der Waals surface area contributed by atoms with Crippen molar-refractivity contribution in [2.75, 3.05) is 0 Å². The third kappa shape index (κ3) is 2.69. The molecular formula is C16H24O2. The van der Waals surface area contributed by atoms with E-state index in [2.05, 4.69) is 13.8 Å². The summed E-state index contributed by atoms with van der Waals surface area (Å²) in [6.07, 6.45) is 1.96. The van der Waals surface area contributed by atoms with Crippen molar-refractivity contribution in [1.82, 2.24) is 0 Å². The summed E-state index contributed by atoms with van der Waals surface area (Å²) >= 11 is 0. The Morgan fingerprint density at radius 2 is 1.67 bits per heavy atom. The fraction of sp³-hybridized carbons (Fsp3) is 0.625. The SMILES string of the molecule is CC(C)Oc1ccc(C2(O)CC(C(C)C)C2)cc1. The zero-order valence-corrected chi connectivity index (χ0v) is 11.8. The van der Waals surface area contributed by atoms with Gasteiger partial charge < -0.3 is 9.84 Å². The standard InChI is InChI=1S/C16H24O2/c1-11(2)13-9-16(17,10-13)14-5-7-15(8-6-14)18-12(3)4/h5-8,11-13,17H,9-10H2,1-4H3. The van der Waals surface area contributed by atoms with E-state index in [1.54, 1.807) is 0 Å². The van der Waals surface area contributed by atoms with Gasteiger partial charge in [-0.15, -0.1) is 0 Å². The summed E-state index contributed by atoms with van der Waals surface area (Å²) in [7, 11) is 0. The zero-order chi connectivity index (χ0) is 13.3. The predicted octanol–water partition coefficient (Wildman–Crippen LogP) is 3.73. The molecule has 1 fully saturated rings. The fourth-order valence-corrected chi connectivity index (χ4v) is 2.63. The molecule has 0 aromatic heterocycles. The van der Waals surface area contributed by atoms with Crippen molar-refractivity contribution in [2.24, 2.45) is 11.8 Å². The predicted molar refractivity (Wildman–Crippen MR) is 73.7 cm³/mol. The van der Waals surface area contributed by atoms with Crippen LogP contribution >= 0.6 is 0 Å².